The number of nitro groups is 1. The minimum Gasteiger partial charge on any atom is -0.358 e. The van der Waals surface area contributed by atoms with Crippen LogP contribution in [0.1, 0.15) is 5.56 Å². The van der Waals surface area contributed by atoms with Crippen molar-refractivity contribution in [2.75, 3.05) is 6.67 Å². The number of benzene rings is 1. The summed E-state index contributed by atoms with van der Waals surface area (Å²) in [6, 6.07) is 9.54. The topological polar surface area (TPSA) is 67.9 Å². The first-order chi connectivity index (χ1) is 7.77. The van der Waals surface area contributed by atoms with Gasteiger partial charge in [0.05, 0.1) is 0 Å². The van der Waals surface area contributed by atoms with Crippen LogP contribution in [-0.2, 0) is 0 Å². The number of hydrogen-bond acceptors (Lipinski definition) is 4. The lowest BCUT2D eigenvalue weighted by molar-refractivity contribution is -0.345. The molecule has 1 aliphatic rings. The Morgan fingerprint density at radius 1 is 1.19 bits per heavy atom. The van der Waals surface area contributed by atoms with E-state index in [0.29, 0.717) is 5.71 Å². The largest absolute Gasteiger partial charge is 0.385 e. The fourth-order valence-electron chi connectivity index (χ4n) is 1.35. The van der Waals surface area contributed by atoms with Crippen LogP contribution in [0.2, 0.25) is 0 Å². The number of nitrogens with zero attached hydrogens (tertiary/aromatic N) is 3. The fourth-order valence-corrected chi connectivity index (χ4v) is 1.35. The predicted molar refractivity (Wildman–Crippen MR) is 62.2 cm³/mol. The second kappa shape index (κ2) is 4.48. The molecule has 1 heterocycles. The summed E-state index contributed by atoms with van der Waals surface area (Å²) in [5, 5.41) is 10.6. The third-order valence-corrected chi connectivity index (χ3v) is 2.10. The smallest absolute Gasteiger partial charge is 0.358 e. The van der Waals surface area contributed by atoms with Crippen LogP contribution in [0.3, 0.4) is 0 Å². The van der Waals surface area contributed by atoms with Gasteiger partial charge in [0.15, 0.2) is 5.71 Å². The van der Waals surface area contributed by atoms with Gasteiger partial charge in [-0.3, -0.25) is 0 Å². The molecule has 0 aromatic heterocycles. The molecular weight excluding hydrogens is 206 g/mol. The molecule has 0 unspecified atom stereocenters. The maximum atomic E-state index is 10.6. The first-order valence-corrected chi connectivity index (χ1v) is 4.74. The van der Waals surface area contributed by atoms with Crippen molar-refractivity contribution in [1.82, 2.24) is 0 Å². The molecule has 0 amide bonds. The van der Waals surface area contributed by atoms with E-state index >= 15 is 0 Å². The van der Waals surface area contributed by atoms with Crippen molar-refractivity contribution in [3.05, 3.63) is 52.1 Å². The van der Waals surface area contributed by atoms with E-state index in [-0.39, 0.29) is 12.5 Å². The molecule has 1 aromatic rings. The highest BCUT2D eigenvalue weighted by Gasteiger charge is 2.22. The number of aliphatic imine (C=N–C) groups is 2. The van der Waals surface area contributed by atoms with Crippen LogP contribution in [0.25, 0.3) is 6.08 Å². The molecular formula is C11H9N3O2. The maximum absolute atomic E-state index is 10.6. The summed E-state index contributed by atoms with van der Waals surface area (Å²) < 4.78 is 0. The molecule has 80 valence electrons. The average molecular weight is 215 g/mol. The van der Waals surface area contributed by atoms with Crippen LogP contribution in [0.5, 0.6) is 0 Å². The Bertz CT molecular complexity index is 489. The van der Waals surface area contributed by atoms with Crippen LogP contribution in [0.4, 0.5) is 0 Å². The molecule has 1 aromatic carbocycles. The van der Waals surface area contributed by atoms with Crippen LogP contribution < -0.4 is 0 Å². The molecule has 5 heteroatoms. The Balaban J connectivity index is 2.15. The lowest BCUT2D eigenvalue weighted by atomic mass is 10.2. The van der Waals surface area contributed by atoms with Crippen molar-refractivity contribution in [3.8, 4) is 0 Å². The van der Waals surface area contributed by atoms with Gasteiger partial charge in [0.25, 0.3) is 0 Å². The molecule has 0 N–H and O–H groups in total. The minimum atomic E-state index is -0.513. The zero-order valence-electron chi connectivity index (χ0n) is 8.41. The Morgan fingerprint density at radius 2 is 1.94 bits per heavy atom. The van der Waals surface area contributed by atoms with E-state index in [2.05, 4.69) is 9.98 Å². The highest BCUT2D eigenvalue weighted by Crippen LogP contribution is 2.04. The van der Waals surface area contributed by atoms with Gasteiger partial charge in [0.1, 0.15) is 0 Å². The van der Waals surface area contributed by atoms with E-state index in [1.165, 1.54) is 0 Å². The molecule has 0 saturated carbocycles. The van der Waals surface area contributed by atoms with E-state index in [0.717, 1.165) is 5.56 Å². The lowest BCUT2D eigenvalue weighted by Gasteiger charge is -1.93. The SMILES string of the molecule is O=[N+]([O-])C1=NCN=C1/C=C/c1ccccc1. The zero-order chi connectivity index (χ0) is 11.4. The second-order valence-corrected chi connectivity index (χ2v) is 3.17. The van der Waals surface area contributed by atoms with Crippen molar-refractivity contribution in [1.29, 1.82) is 0 Å². The van der Waals surface area contributed by atoms with E-state index in [4.69, 9.17) is 0 Å². The van der Waals surface area contributed by atoms with Gasteiger partial charge in [-0.15, -0.1) is 0 Å². The van der Waals surface area contributed by atoms with Crippen LogP contribution in [0, 0.1) is 10.1 Å². The van der Waals surface area contributed by atoms with Crippen molar-refractivity contribution < 1.29 is 4.92 Å². The summed E-state index contributed by atoms with van der Waals surface area (Å²) in [4.78, 5) is 17.7. The summed E-state index contributed by atoms with van der Waals surface area (Å²) in [6.07, 6.45) is 3.40. The predicted octanol–water partition coefficient (Wildman–Crippen LogP) is 1.79. The second-order valence-electron chi connectivity index (χ2n) is 3.17. The summed E-state index contributed by atoms with van der Waals surface area (Å²) in [5.74, 6) is -0.160. The normalized spacial score (nSPS) is 15.0. The first kappa shape index (κ1) is 10.2. The first-order valence-electron chi connectivity index (χ1n) is 4.74. The summed E-state index contributed by atoms with van der Waals surface area (Å²) in [6.45, 7) is 0.144. The van der Waals surface area contributed by atoms with Gasteiger partial charge in [0.2, 0.25) is 6.67 Å². The van der Waals surface area contributed by atoms with Gasteiger partial charge in [0, 0.05) is 0 Å². The molecule has 0 aliphatic carbocycles. The summed E-state index contributed by atoms with van der Waals surface area (Å²) >= 11 is 0. The van der Waals surface area contributed by atoms with E-state index < -0.39 is 4.92 Å². The fraction of sp³-hybridized carbons (Fsp3) is 0.0909. The number of amidine groups is 1. The summed E-state index contributed by atoms with van der Waals surface area (Å²) in [7, 11) is 0. The molecule has 5 nitrogen and oxygen atoms in total. The monoisotopic (exact) mass is 215 g/mol. The molecule has 16 heavy (non-hydrogen) atoms. The Morgan fingerprint density at radius 3 is 2.62 bits per heavy atom. The van der Waals surface area contributed by atoms with E-state index in [1.807, 2.05) is 30.3 Å². The zero-order valence-corrected chi connectivity index (χ0v) is 8.41. The number of hydrogen-bond donors (Lipinski definition) is 0. The highest BCUT2D eigenvalue weighted by atomic mass is 16.6. The molecule has 0 saturated heterocycles. The van der Waals surface area contributed by atoms with Gasteiger partial charge in [-0.25, -0.2) is 4.99 Å². The molecule has 1 aliphatic heterocycles. The van der Waals surface area contributed by atoms with Crippen molar-refractivity contribution in [2.45, 2.75) is 0 Å². The Labute approximate surface area is 92.0 Å². The molecule has 0 bridgehead atoms. The Kier molecular flexibility index (Phi) is 2.86. The van der Waals surface area contributed by atoms with Gasteiger partial charge >= 0.3 is 5.84 Å². The molecule has 0 spiro atoms. The van der Waals surface area contributed by atoms with Crippen LogP contribution in [0.15, 0.2) is 46.4 Å². The third kappa shape index (κ3) is 2.20. The van der Waals surface area contributed by atoms with Crippen molar-refractivity contribution in [2.24, 2.45) is 9.98 Å². The third-order valence-electron chi connectivity index (χ3n) is 2.10. The van der Waals surface area contributed by atoms with Crippen molar-refractivity contribution >= 4 is 17.6 Å². The van der Waals surface area contributed by atoms with Gasteiger partial charge in [-0.2, -0.15) is 0 Å². The van der Waals surface area contributed by atoms with Crippen LogP contribution in [-0.4, -0.2) is 23.1 Å². The molecule has 0 atom stereocenters. The molecule has 0 fully saturated rings. The van der Waals surface area contributed by atoms with E-state index in [1.54, 1.807) is 12.2 Å². The van der Waals surface area contributed by atoms with Crippen LogP contribution >= 0.6 is 0 Å². The highest BCUT2D eigenvalue weighted by molar-refractivity contribution is 6.44. The average Bonchev–Trinajstić information content (AvgIpc) is 2.76. The van der Waals surface area contributed by atoms with Crippen molar-refractivity contribution in [3.63, 3.8) is 0 Å². The standard InChI is InChI=1S/C11H9N3O2/c15-14(16)11-10(12-8-13-11)7-6-9-4-2-1-3-5-9/h1-7H,8H2/b7-6+. The summed E-state index contributed by atoms with van der Waals surface area (Å²) in [5.41, 5.74) is 1.30. The van der Waals surface area contributed by atoms with Gasteiger partial charge in [-0.05, 0) is 16.6 Å². The van der Waals surface area contributed by atoms with Gasteiger partial charge < -0.3 is 10.1 Å². The molecule has 0 radical (unpaired) electrons. The minimum absolute atomic E-state index is 0.144. The molecule has 2 rings (SSSR count). The quantitative estimate of drug-likeness (QED) is 0.557. The Hall–Kier alpha value is -2.30. The lowest BCUT2D eigenvalue weighted by Crippen LogP contribution is -2.18. The van der Waals surface area contributed by atoms with Gasteiger partial charge in [-0.1, -0.05) is 41.4 Å². The number of rotatable bonds is 2. The maximum Gasteiger partial charge on any atom is 0.385 e. The van der Waals surface area contributed by atoms with E-state index in [9.17, 15) is 10.1 Å².